The Morgan fingerprint density at radius 3 is 2.43 bits per heavy atom. The highest BCUT2D eigenvalue weighted by Crippen LogP contribution is 2.27. The van der Waals surface area contributed by atoms with E-state index in [1.54, 1.807) is 24.3 Å². The predicted octanol–water partition coefficient (Wildman–Crippen LogP) is 2.62. The van der Waals surface area contributed by atoms with Gasteiger partial charge in [0.2, 0.25) is 0 Å². The van der Waals surface area contributed by atoms with E-state index >= 15 is 0 Å². The summed E-state index contributed by atoms with van der Waals surface area (Å²) in [6.07, 6.45) is 0.689. The van der Waals surface area contributed by atoms with Crippen molar-refractivity contribution in [3.63, 3.8) is 0 Å². The molecule has 0 aromatic heterocycles. The highest BCUT2D eigenvalue weighted by atomic mass is 35.5. The third-order valence-corrected chi connectivity index (χ3v) is 4.78. The summed E-state index contributed by atoms with van der Waals surface area (Å²) in [5.74, 6) is -2.51. The lowest BCUT2D eigenvalue weighted by atomic mass is 9.85. The molecule has 2 aromatic carbocycles. The van der Waals surface area contributed by atoms with Crippen molar-refractivity contribution in [1.29, 1.82) is 0 Å². The largest absolute Gasteiger partial charge is 0.355 e. The van der Waals surface area contributed by atoms with Crippen LogP contribution in [-0.2, 0) is 0 Å². The molecule has 2 unspecified atom stereocenters. The molecule has 1 fully saturated rings. The Kier molecular flexibility index (Phi) is 7.48. The Morgan fingerprint density at radius 2 is 1.75 bits per heavy atom. The zero-order chi connectivity index (χ0) is 19.4. The van der Waals surface area contributed by atoms with E-state index in [1.165, 1.54) is 19.2 Å². The van der Waals surface area contributed by atoms with Crippen LogP contribution in [0.25, 0.3) is 0 Å². The lowest BCUT2D eigenvalue weighted by Crippen LogP contribution is -2.50. The maximum Gasteiger partial charge on any atom is 0.251 e. The van der Waals surface area contributed by atoms with Gasteiger partial charge in [-0.15, -0.1) is 12.4 Å². The summed E-state index contributed by atoms with van der Waals surface area (Å²) in [5, 5.41) is 8.68. The quantitative estimate of drug-likeness (QED) is 0.727. The summed E-state index contributed by atoms with van der Waals surface area (Å²) in [7, 11) is 1.52. The van der Waals surface area contributed by atoms with E-state index in [9.17, 15) is 18.4 Å². The molecule has 0 spiro atoms. The van der Waals surface area contributed by atoms with E-state index in [0.29, 0.717) is 29.7 Å². The number of carbonyl (C=O) groups excluding carboxylic acids is 2. The van der Waals surface area contributed by atoms with Crippen LogP contribution in [0.5, 0.6) is 0 Å². The van der Waals surface area contributed by atoms with Gasteiger partial charge in [0.1, 0.15) is 0 Å². The Hall–Kier alpha value is -2.51. The van der Waals surface area contributed by atoms with Crippen molar-refractivity contribution in [1.82, 2.24) is 16.0 Å². The molecular formula is C20H22ClF2N3O2. The Balaban J connectivity index is 0.00000280. The fraction of sp³-hybridized carbons (Fsp3) is 0.300. The molecule has 0 saturated carbocycles. The normalized spacial score (nSPS) is 18.7. The molecule has 1 aliphatic heterocycles. The van der Waals surface area contributed by atoms with Gasteiger partial charge in [-0.25, -0.2) is 8.78 Å². The van der Waals surface area contributed by atoms with Gasteiger partial charge in [0.25, 0.3) is 11.8 Å². The van der Waals surface area contributed by atoms with Gasteiger partial charge in [0.05, 0.1) is 0 Å². The number of hydrogen-bond acceptors (Lipinski definition) is 3. The molecule has 0 aliphatic carbocycles. The first-order valence-electron chi connectivity index (χ1n) is 8.78. The number of rotatable bonds is 4. The molecule has 3 rings (SSSR count). The van der Waals surface area contributed by atoms with Crippen LogP contribution >= 0.6 is 12.4 Å². The van der Waals surface area contributed by atoms with E-state index < -0.39 is 11.6 Å². The van der Waals surface area contributed by atoms with Crippen LogP contribution in [0.15, 0.2) is 42.5 Å². The zero-order valence-corrected chi connectivity index (χ0v) is 16.1. The number of halogens is 3. The Bertz CT molecular complexity index is 863. The van der Waals surface area contributed by atoms with E-state index in [2.05, 4.69) is 16.0 Å². The van der Waals surface area contributed by atoms with Gasteiger partial charge in [-0.3, -0.25) is 9.59 Å². The molecule has 1 saturated heterocycles. The molecule has 150 valence electrons. The summed E-state index contributed by atoms with van der Waals surface area (Å²) in [5.41, 5.74) is 1.41. The van der Waals surface area contributed by atoms with Gasteiger partial charge in [0, 0.05) is 36.7 Å². The van der Waals surface area contributed by atoms with Crippen LogP contribution in [-0.4, -0.2) is 38.0 Å². The summed E-state index contributed by atoms with van der Waals surface area (Å²) < 4.78 is 26.9. The molecule has 2 atom stereocenters. The van der Waals surface area contributed by atoms with Crippen molar-refractivity contribution in [2.24, 2.45) is 0 Å². The van der Waals surface area contributed by atoms with Crippen LogP contribution in [0.4, 0.5) is 8.78 Å². The summed E-state index contributed by atoms with van der Waals surface area (Å²) in [6, 6.07) is 10.0. The number of nitrogens with one attached hydrogen (secondary N) is 3. The van der Waals surface area contributed by atoms with Crippen molar-refractivity contribution in [3.05, 3.63) is 70.8 Å². The third-order valence-electron chi connectivity index (χ3n) is 4.78. The van der Waals surface area contributed by atoms with E-state index in [-0.39, 0.29) is 36.2 Å². The molecule has 3 N–H and O–H groups in total. The summed E-state index contributed by atoms with van der Waals surface area (Å²) >= 11 is 0. The molecule has 1 heterocycles. The molecule has 8 heteroatoms. The summed E-state index contributed by atoms with van der Waals surface area (Å²) in [6.45, 7) is 1.24. The van der Waals surface area contributed by atoms with Crippen LogP contribution in [0.2, 0.25) is 0 Å². The fourth-order valence-corrected chi connectivity index (χ4v) is 3.35. The Labute approximate surface area is 168 Å². The number of hydrogen-bond donors (Lipinski definition) is 3. The second-order valence-corrected chi connectivity index (χ2v) is 6.51. The van der Waals surface area contributed by atoms with Crippen LogP contribution < -0.4 is 16.0 Å². The fourth-order valence-electron chi connectivity index (χ4n) is 3.35. The van der Waals surface area contributed by atoms with Gasteiger partial charge in [0.15, 0.2) is 11.6 Å². The smallest absolute Gasteiger partial charge is 0.251 e. The van der Waals surface area contributed by atoms with Crippen molar-refractivity contribution >= 4 is 24.2 Å². The van der Waals surface area contributed by atoms with Crippen molar-refractivity contribution in [2.75, 3.05) is 20.1 Å². The molecule has 2 amide bonds. The average molecular weight is 410 g/mol. The monoisotopic (exact) mass is 409 g/mol. The van der Waals surface area contributed by atoms with E-state index in [4.69, 9.17) is 0 Å². The standard InChI is InChI=1S/C20H21F2N3O2.ClH/c1-23-19(26)13-3-2-4-14(9-13)20(27)25-18-11-24-8-7-15(18)12-5-6-16(21)17(22)10-12;/h2-6,9-10,15,18,24H,7-8,11H2,1H3,(H,23,26)(H,25,27);1H. The Morgan fingerprint density at radius 1 is 1.04 bits per heavy atom. The number of amides is 2. The number of benzene rings is 2. The molecule has 0 radical (unpaired) electrons. The van der Waals surface area contributed by atoms with Crippen LogP contribution in [0.3, 0.4) is 0 Å². The highest BCUT2D eigenvalue weighted by Gasteiger charge is 2.28. The number of piperidine rings is 1. The minimum atomic E-state index is -0.894. The third kappa shape index (κ3) is 4.85. The minimum absolute atomic E-state index is 0. The first-order valence-corrected chi connectivity index (χ1v) is 8.78. The number of carbonyl (C=O) groups is 2. The predicted molar refractivity (Wildman–Crippen MR) is 105 cm³/mol. The van der Waals surface area contributed by atoms with Crippen LogP contribution in [0.1, 0.15) is 38.6 Å². The van der Waals surface area contributed by atoms with Gasteiger partial charge >= 0.3 is 0 Å². The lowest BCUT2D eigenvalue weighted by Gasteiger charge is -2.33. The molecule has 28 heavy (non-hydrogen) atoms. The van der Waals surface area contributed by atoms with E-state index in [0.717, 1.165) is 12.6 Å². The molecule has 1 aliphatic rings. The second kappa shape index (κ2) is 9.61. The SMILES string of the molecule is CNC(=O)c1cccc(C(=O)NC2CNCCC2c2ccc(F)c(F)c2)c1.Cl. The molecule has 0 bridgehead atoms. The summed E-state index contributed by atoms with van der Waals surface area (Å²) in [4.78, 5) is 24.4. The minimum Gasteiger partial charge on any atom is -0.355 e. The average Bonchev–Trinajstić information content (AvgIpc) is 2.70. The van der Waals surface area contributed by atoms with Gasteiger partial charge in [-0.2, -0.15) is 0 Å². The van der Waals surface area contributed by atoms with Gasteiger partial charge in [-0.1, -0.05) is 12.1 Å². The molecular weight excluding hydrogens is 388 g/mol. The first-order chi connectivity index (χ1) is 13.0. The van der Waals surface area contributed by atoms with Crippen molar-refractivity contribution in [3.8, 4) is 0 Å². The van der Waals surface area contributed by atoms with E-state index in [1.807, 2.05) is 0 Å². The van der Waals surface area contributed by atoms with Gasteiger partial charge < -0.3 is 16.0 Å². The lowest BCUT2D eigenvalue weighted by molar-refractivity contribution is 0.0924. The highest BCUT2D eigenvalue weighted by molar-refractivity contribution is 5.99. The zero-order valence-electron chi connectivity index (χ0n) is 15.3. The molecule has 2 aromatic rings. The molecule has 5 nitrogen and oxygen atoms in total. The van der Waals surface area contributed by atoms with Crippen LogP contribution in [0, 0.1) is 11.6 Å². The maximum atomic E-state index is 13.6. The van der Waals surface area contributed by atoms with Crippen molar-refractivity contribution < 1.29 is 18.4 Å². The second-order valence-electron chi connectivity index (χ2n) is 6.51. The topological polar surface area (TPSA) is 70.2 Å². The van der Waals surface area contributed by atoms with Gasteiger partial charge in [-0.05, 0) is 48.9 Å². The maximum absolute atomic E-state index is 13.6. The van der Waals surface area contributed by atoms with Crippen molar-refractivity contribution in [2.45, 2.75) is 18.4 Å². The first kappa shape index (κ1) is 21.8.